The van der Waals surface area contributed by atoms with Crippen LogP contribution in [-0.2, 0) is 14.3 Å². The van der Waals surface area contributed by atoms with Crippen LogP contribution in [0.1, 0.15) is 53.9 Å². The molecule has 126 valence electrons. The minimum atomic E-state index is -0.582. The van der Waals surface area contributed by atoms with Crippen LogP contribution in [0.2, 0.25) is 0 Å². The molecular formula is C17H29NO4. The Bertz CT molecular complexity index is 438. The zero-order valence-corrected chi connectivity index (χ0v) is 14.6. The third-order valence-electron chi connectivity index (χ3n) is 3.87. The van der Waals surface area contributed by atoms with Crippen LogP contribution in [0.15, 0.2) is 12.2 Å². The fourth-order valence-electron chi connectivity index (χ4n) is 2.80. The summed E-state index contributed by atoms with van der Waals surface area (Å²) >= 11 is 0. The molecule has 1 saturated heterocycles. The summed E-state index contributed by atoms with van der Waals surface area (Å²) in [7, 11) is 1.35. The Labute approximate surface area is 133 Å². The highest BCUT2D eigenvalue weighted by Crippen LogP contribution is 2.39. The lowest BCUT2D eigenvalue weighted by atomic mass is 9.83. The first-order chi connectivity index (χ1) is 10.1. The number of ether oxygens (including phenoxy) is 2. The monoisotopic (exact) mass is 311 g/mol. The number of esters is 1. The van der Waals surface area contributed by atoms with Gasteiger partial charge in [0.15, 0.2) is 0 Å². The Morgan fingerprint density at radius 2 is 2.00 bits per heavy atom. The normalized spacial score (nSPS) is 25.5. The number of carbonyl (C=O) groups excluding carboxylic acids is 2. The van der Waals surface area contributed by atoms with E-state index in [9.17, 15) is 9.59 Å². The van der Waals surface area contributed by atoms with E-state index in [0.717, 1.165) is 12.8 Å². The van der Waals surface area contributed by atoms with Crippen molar-refractivity contribution in [2.24, 2.45) is 5.41 Å². The van der Waals surface area contributed by atoms with E-state index in [1.54, 1.807) is 0 Å². The Morgan fingerprint density at radius 1 is 1.36 bits per heavy atom. The van der Waals surface area contributed by atoms with Crippen LogP contribution in [0.5, 0.6) is 0 Å². The molecule has 1 fully saturated rings. The van der Waals surface area contributed by atoms with Crippen molar-refractivity contribution in [1.82, 2.24) is 4.90 Å². The molecule has 0 N–H and O–H groups in total. The molecular weight excluding hydrogens is 282 g/mol. The maximum atomic E-state index is 12.4. The van der Waals surface area contributed by atoms with Crippen molar-refractivity contribution < 1.29 is 19.1 Å². The standard InChI is InChI=1S/C17H29NO4/c1-7-8-9-10-17(5)11-13(14(19)21-6)18(12-17)15(20)22-16(2,3)4/h7-8,13H,9-12H2,1-6H3/b8-7-/t13-,17+/m0/s1. The molecule has 0 aliphatic carbocycles. The molecule has 1 rings (SSSR count). The number of amides is 1. The number of allylic oxidation sites excluding steroid dienone is 2. The quantitative estimate of drug-likeness (QED) is 0.589. The van der Waals surface area contributed by atoms with Gasteiger partial charge >= 0.3 is 12.1 Å². The van der Waals surface area contributed by atoms with Gasteiger partial charge in [0, 0.05) is 6.54 Å². The highest BCUT2D eigenvalue weighted by Gasteiger charge is 2.47. The maximum absolute atomic E-state index is 12.4. The lowest BCUT2D eigenvalue weighted by molar-refractivity contribution is -0.145. The fourth-order valence-corrected chi connectivity index (χ4v) is 2.80. The van der Waals surface area contributed by atoms with Crippen molar-refractivity contribution in [2.75, 3.05) is 13.7 Å². The molecule has 5 nitrogen and oxygen atoms in total. The Hall–Kier alpha value is -1.52. The first-order valence-corrected chi connectivity index (χ1v) is 7.80. The topological polar surface area (TPSA) is 55.8 Å². The fraction of sp³-hybridized carbons (Fsp3) is 0.765. The summed E-state index contributed by atoms with van der Waals surface area (Å²) < 4.78 is 10.3. The number of likely N-dealkylation sites (tertiary alicyclic amines) is 1. The van der Waals surface area contributed by atoms with Gasteiger partial charge in [0.2, 0.25) is 0 Å². The summed E-state index contributed by atoms with van der Waals surface area (Å²) in [5.74, 6) is -0.374. The Kier molecular flexibility index (Phi) is 6.03. The molecule has 2 atom stereocenters. The van der Waals surface area contributed by atoms with Gasteiger partial charge in [-0.15, -0.1) is 0 Å². The summed E-state index contributed by atoms with van der Waals surface area (Å²) in [6.45, 7) is 10.1. The third-order valence-corrected chi connectivity index (χ3v) is 3.87. The number of hydrogen-bond donors (Lipinski definition) is 0. The zero-order valence-electron chi connectivity index (χ0n) is 14.6. The molecule has 0 aromatic heterocycles. The molecule has 0 spiro atoms. The second kappa shape index (κ2) is 7.16. The Morgan fingerprint density at radius 3 is 2.50 bits per heavy atom. The van der Waals surface area contributed by atoms with E-state index in [2.05, 4.69) is 13.0 Å². The van der Waals surface area contributed by atoms with Crippen LogP contribution in [-0.4, -0.2) is 42.3 Å². The van der Waals surface area contributed by atoms with Crippen molar-refractivity contribution in [3.05, 3.63) is 12.2 Å². The van der Waals surface area contributed by atoms with Crippen molar-refractivity contribution in [3.8, 4) is 0 Å². The van der Waals surface area contributed by atoms with Crippen LogP contribution in [0.4, 0.5) is 4.79 Å². The number of carbonyl (C=O) groups is 2. The second-order valence-electron chi connectivity index (χ2n) is 7.27. The van der Waals surface area contributed by atoms with E-state index in [1.165, 1.54) is 12.0 Å². The molecule has 5 heteroatoms. The molecule has 0 saturated carbocycles. The number of hydrogen-bond acceptors (Lipinski definition) is 4. The maximum Gasteiger partial charge on any atom is 0.411 e. The molecule has 0 unspecified atom stereocenters. The molecule has 1 amide bonds. The highest BCUT2D eigenvalue weighted by atomic mass is 16.6. The van der Waals surface area contributed by atoms with Gasteiger partial charge < -0.3 is 9.47 Å². The van der Waals surface area contributed by atoms with Crippen molar-refractivity contribution in [3.63, 3.8) is 0 Å². The first-order valence-electron chi connectivity index (χ1n) is 7.80. The summed E-state index contributed by atoms with van der Waals surface area (Å²) in [5.41, 5.74) is -0.684. The zero-order chi connectivity index (χ0) is 17.0. The first kappa shape index (κ1) is 18.5. The van der Waals surface area contributed by atoms with Crippen molar-refractivity contribution >= 4 is 12.1 Å². The SMILES string of the molecule is C/C=C\CC[C@]1(C)C[C@@H](C(=O)OC)N(C(=O)OC(C)(C)C)C1. The van der Waals surface area contributed by atoms with E-state index in [4.69, 9.17) is 9.47 Å². The van der Waals surface area contributed by atoms with Gasteiger partial charge in [0.05, 0.1) is 7.11 Å². The van der Waals surface area contributed by atoms with E-state index >= 15 is 0 Å². The van der Waals surface area contributed by atoms with E-state index in [-0.39, 0.29) is 11.4 Å². The summed E-state index contributed by atoms with van der Waals surface area (Å²) in [6.07, 6.45) is 6.14. The van der Waals surface area contributed by atoms with E-state index in [0.29, 0.717) is 13.0 Å². The number of nitrogens with zero attached hydrogens (tertiary/aromatic N) is 1. The van der Waals surface area contributed by atoms with Gasteiger partial charge in [-0.3, -0.25) is 4.90 Å². The van der Waals surface area contributed by atoms with Gasteiger partial charge in [0.1, 0.15) is 11.6 Å². The molecule has 1 aliphatic heterocycles. The summed E-state index contributed by atoms with van der Waals surface area (Å²) in [5, 5.41) is 0. The van der Waals surface area contributed by atoms with Crippen LogP contribution in [0, 0.1) is 5.41 Å². The van der Waals surface area contributed by atoms with Gasteiger partial charge in [-0.2, -0.15) is 0 Å². The lowest BCUT2D eigenvalue weighted by Crippen LogP contribution is -2.44. The molecule has 1 aliphatic rings. The van der Waals surface area contributed by atoms with Crippen molar-refractivity contribution in [1.29, 1.82) is 0 Å². The molecule has 0 bridgehead atoms. The minimum absolute atomic E-state index is 0.102. The predicted molar refractivity (Wildman–Crippen MR) is 85.5 cm³/mol. The number of rotatable bonds is 4. The average Bonchev–Trinajstić information content (AvgIpc) is 2.75. The molecule has 0 aromatic carbocycles. The van der Waals surface area contributed by atoms with Gasteiger partial charge in [-0.05, 0) is 52.4 Å². The summed E-state index contributed by atoms with van der Waals surface area (Å²) in [4.78, 5) is 25.9. The highest BCUT2D eigenvalue weighted by molar-refractivity contribution is 5.82. The van der Waals surface area contributed by atoms with Gasteiger partial charge in [-0.1, -0.05) is 19.1 Å². The second-order valence-corrected chi connectivity index (χ2v) is 7.27. The van der Waals surface area contributed by atoms with Crippen molar-refractivity contribution in [2.45, 2.75) is 65.5 Å². The Balaban J connectivity index is 2.87. The molecule has 0 radical (unpaired) electrons. The molecule has 22 heavy (non-hydrogen) atoms. The summed E-state index contributed by atoms with van der Waals surface area (Å²) in [6, 6.07) is -0.560. The van der Waals surface area contributed by atoms with E-state index in [1.807, 2.05) is 33.8 Å². The largest absolute Gasteiger partial charge is 0.467 e. The van der Waals surface area contributed by atoms with E-state index < -0.39 is 17.7 Å². The smallest absolute Gasteiger partial charge is 0.411 e. The minimum Gasteiger partial charge on any atom is -0.467 e. The predicted octanol–water partition coefficient (Wildman–Crippen LogP) is 3.53. The molecule has 0 aromatic rings. The average molecular weight is 311 g/mol. The molecule has 1 heterocycles. The third kappa shape index (κ3) is 5.04. The van der Waals surface area contributed by atoms with Gasteiger partial charge in [-0.25, -0.2) is 9.59 Å². The van der Waals surface area contributed by atoms with Crippen LogP contribution >= 0.6 is 0 Å². The number of methoxy groups -OCH3 is 1. The van der Waals surface area contributed by atoms with Crippen LogP contribution in [0.25, 0.3) is 0 Å². The lowest BCUT2D eigenvalue weighted by Gasteiger charge is -2.28. The van der Waals surface area contributed by atoms with Crippen LogP contribution in [0.3, 0.4) is 0 Å². The van der Waals surface area contributed by atoms with Crippen LogP contribution < -0.4 is 0 Å². The van der Waals surface area contributed by atoms with Gasteiger partial charge in [0.25, 0.3) is 0 Å².